The monoisotopic (exact) mass is 283 g/mol. The van der Waals surface area contributed by atoms with Crippen LogP contribution in [0.1, 0.15) is 17.4 Å². The highest BCUT2D eigenvalue weighted by atomic mass is 32.2. The first-order valence-electron chi connectivity index (χ1n) is 5.58. The lowest BCUT2D eigenvalue weighted by molar-refractivity contribution is 0.0515. The van der Waals surface area contributed by atoms with Gasteiger partial charge in [0.05, 0.1) is 18.4 Å². The summed E-state index contributed by atoms with van der Waals surface area (Å²) in [5.41, 5.74) is -0.129. The zero-order valence-corrected chi connectivity index (χ0v) is 11.3. The molecule has 0 unspecified atom stereocenters. The number of ether oxygens (including phenoxy) is 1. The van der Waals surface area contributed by atoms with E-state index in [4.69, 9.17) is 4.74 Å². The van der Waals surface area contributed by atoms with Gasteiger partial charge in [-0.15, -0.1) is 0 Å². The Morgan fingerprint density at radius 1 is 1.37 bits per heavy atom. The summed E-state index contributed by atoms with van der Waals surface area (Å²) in [5, 5.41) is 10.3. The number of rotatable bonds is 3. The second-order valence-electron chi connectivity index (χ2n) is 3.96. The minimum Gasteiger partial charge on any atom is -0.505 e. The van der Waals surface area contributed by atoms with Gasteiger partial charge in [-0.05, 0) is 19.1 Å². The van der Waals surface area contributed by atoms with Gasteiger partial charge in [0.15, 0.2) is 11.4 Å². The third-order valence-corrected chi connectivity index (χ3v) is 3.65. The molecule has 102 valence electrons. The number of hydrogen-bond donors (Lipinski definition) is 1. The molecule has 7 heteroatoms. The van der Waals surface area contributed by atoms with Crippen LogP contribution >= 0.6 is 0 Å². The molecule has 0 spiro atoms. The standard InChI is InChI=1S/C12H13NO5S/c1-3-18-12(15)10-11(14)8-6-4-5-7-9(8)13(10)19(2,16)17/h4-7,14H,3H2,1-2H3. The molecular weight excluding hydrogens is 270 g/mol. The van der Waals surface area contributed by atoms with E-state index in [0.29, 0.717) is 0 Å². The number of carbonyl (C=O) groups is 1. The SMILES string of the molecule is CCOC(=O)c1c(O)c2ccccc2n1S(C)(=O)=O. The van der Waals surface area contributed by atoms with Gasteiger partial charge < -0.3 is 9.84 Å². The average molecular weight is 283 g/mol. The Hall–Kier alpha value is -2.02. The summed E-state index contributed by atoms with van der Waals surface area (Å²) in [6.07, 6.45) is 0.960. The zero-order chi connectivity index (χ0) is 14.2. The minimum atomic E-state index is -3.75. The maximum Gasteiger partial charge on any atom is 0.359 e. The second-order valence-corrected chi connectivity index (χ2v) is 5.79. The second kappa shape index (κ2) is 4.58. The molecule has 1 N–H and O–H groups in total. The van der Waals surface area contributed by atoms with Gasteiger partial charge in [0.25, 0.3) is 0 Å². The lowest BCUT2D eigenvalue weighted by Crippen LogP contribution is -2.18. The summed E-state index contributed by atoms with van der Waals surface area (Å²) in [6, 6.07) is 6.32. The van der Waals surface area contributed by atoms with Gasteiger partial charge in [0.2, 0.25) is 10.0 Å². The van der Waals surface area contributed by atoms with Crippen LogP contribution in [0.15, 0.2) is 24.3 Å². The van der Waals surface area contributed by atoms with Gasteiger partial charge in [-0.25, -0.2) is 17.2 Å². The first kappa shape index (κ1) is 13.4. The third-order valence-electron chi connectivity index (χ3n) is 2.61. The molecule has 0 fully saturated rings. The molecule has 1 aromatic heterocycles. The Bertz CT molecular complexity index is 745. The molecule has 1 aromatic carbocycles. The summed E-state index contributed by atoms with van der Waals surface area (Å²) >= 11 is 0. The Morgan fingerprint density at radius 2 is 2.00 bits per heavy atom. The van der Waals surface area contributed by atoms with Gasteiger partial charge in [0, 0.05) is 5.39 Å². The molecule has 0 amide bonds. The quantitative estimate of drug-likeness (QED) is 0.859. The van der Waals surface area contributed by atoms with E-state index in [9.17, 15) is 18.3 Å². The van der Waals surface area contributed by atoms with Gasteiger partial charge >= 0.3 is 5.97 Å². The van der Waals surface area contributed by atoms with Crippen molar-refractivity contribution in [2.75, 3.05) is 12.9 Å². The summed E-state index contributed by atoms with van der Waals surface area (Å²) in [4.78, 5) is 11.8. The van der Waals surface area contributed by atoms with Crippen molar-refractivity contribution in [1.29, 1.82) is 0 Å². The van der Waals surface area contributed by atoms with Crippen molar-refractivity contribution in [1.82, 2.24) is 3.97 Å². The summed E-state index contributed by atoms with van der Waals surface area (Å²) in [7, 11) is -3.75. The van der Waals surface area contributed by atoms with Gasteiger partial charge in [-0.1, -0.05) is 12.1 Å². The Balaban J connectivity index is 2.89. The number of nitrogens with zero attached hydrogens (tertiary/aromatic N) is 1. The lowest BCUT2D eigenvalue weighted by Gasteiger charge is -2.07. The van der Waals surface area contributed by atoms with E-state index in [1.165, 1.54) is 12.1 Å². The highest BCUT2D eigenvalue weighted by molar-refractivity contribution is 7.89. The van der Waals surface area contributed by atoms with Crippen molar-refractivity contribution in [3.8, 4) is 5.75 Å². The first-order valence-corrected chi connectivity index (χ1v) is 7.42. The fourth-order valence-electron chi connectivity index (χ4n) is 1.92. The van der Waals surface area contributed by atoms with E-state index in [1.54, 1.807) is 19.1 Å². The fraction of sp³-hybridized carbons (Fsp3) is 0.250. The van der Waals surface area contributed by atoms with Gasteiger partial charge in [-0.3, -0.25) is 0 Å². The Kier molecular flexibility index (Phi) is 3.23. The molecule has 0 saturated carbocycles. The van der Waals surface area contributed by atoms with Crippen LogP contribution in [0, 0.1) is 0 Å². The van der Waals surface area contributed by atoms with Gasteiger partial charge in [-0.2, -0.15) is 0 Å². The number of benzene rings is 1. The maximum atomic E-state index is 11.8. The number of para-hydroxylation sites is 1. The van der Waals surface area contributed by atoms with Crippen molar-refractivity contribution in [2.45, 2.75) is 6.92 Å². The Morgan fingerprint density at radius 3 is 2.58 bits per heavy atom. The third kappa shape index (κ3) is 2.17. The van der Waals surface area contributed by atoms with Crippen molar-refractivity contribution in [2.24, 2.45) is 0 Å². The van der Waals surface area contributed by atoms with E-state index < -0.39 is 16.0 Å². The van der Waals surface area contributed by atoms with E-state index in [-0.39, 0.29) is 29.0 Å². The van der Waals surface area contributed by atoms with E-state index in [1.807, 2.05) is 0 Å². The van der Waals surface area contributed by atoms with E-state index in [2.05, 4.69) is 0 Å². The van der Waals surface area contributed by atoms with E-state index >= 15 is 0 Å². The molecule has 0 aliphatic heterocycles. The molecule has 0 saturated heterocycles. The highest BCUT2D eigenvalue weighted by Crippen LogP contribution is 2.33. The zero-order valence-electron chi connectivity index (χ0n) is 10.5. The molecule has 0 bridgehead atoms. The molecular formula is C12H13NO5S. The highest BCUT2D eigenvalue weighted by Gasteiger charge is 2.27. The van der Waals surface area contributed by atoms with E-state index in [0.717, 1.165) is 10.2 Å². The largest absolute Gasteiger partial charge is 0.505 e. The van der Waals surface area contributed by atoms with Crippen LogP contribution in [0.4, 0.5) is 0 Å². The minimum absolute atomic E-state index is 0.0869. The topological polar surface area (TPSA) is 85.6 Å². The average Bonchev–Trinajstić information content (AvgIpc) is 2.63. The van der Waals surface area contributed by atoms with Crippen molar-refractivity contribution >= 4 is 26.9 Å². The number of esters is 1. The van der Waals surface area contributed by atoms with Crippen LogP contribution in [0.25, 0.3) is 10.9 Å². The van der Waals surface area contributed by atoms with Crippen molar-refractivity contribution in [3.05, 3.63) is 30.0 Å². The number of aromatic nitrogens is 1. The van der Waals surface area contributed by atoms with Crippen molar-refractivity contribution in [3.63, 3.8) is 0 Å². The normalized spacial score (nSPS) is 11.7. The van der Waals surface area contributed by atoms with Gasteiger partial charge in [0.1, 0.15) is 0 Å². The van der Waals surface area contributed by atoms with Crippen LogP contribution in [0.5, 0.6) is 5.75 Å². The van der Waals surface area contributed by atoms with Crippen LogP contribution in [0.2, 0.25) is 0 Å². The first-order chi connectivity index (χ1) is 8.88. The van der Waals surface area contributed by atoms with Crippen molar-refractivity contribution < 1.29 is 23.1 Å². The summed E-state index contributed by atoms with van der Waals surface area (Å²) < 4.78 is 29.3. The van der Waals surface area contributed by atoms with Crippen LogP contribution < -0.4 is 0 Å². The molecule has 2 rings (SSSR count). The molecule has 0 atom stereocenters. The smallest absolute Gasteiger partial charge is 0.359 e. The molecule has 6 nitrogen and oxygen atoms in total. The predicted octanol–water partition coefficient (Wildman–Crippen LogP) is 1.33. The molecule has 2 aromatic rings. The maximum absolute atomic E-state index is 11.8. The Labute approximate surface area is 110 Å². The number of hydrogen-bond acceptors (Lipinski definition) is 5. The van der Waals surface area contributed by atoms with Crippen LogP contribution in [-0.4, -0.2) is 36.3 Å². The fourth-order valence-corrected chi connectivity index (χ4v) is 2.93. The van der Waals surface area contributed by atoms with Crippen LogP contribution in [0.3, 0.4) is 0 Å². The molecule has 0 aliphatic rings. The molecule has 0 aliphatic carbocycles. The number of carbonyl (C=O) groups excluding carboxylic acids is 1. The molecule has 0 radical (unpaired) electrons. The number of fused-ring (bicyclic) bond motifs is 1. The summed E-state index contributed by atoms with van der Waals surface area (Å²) in [6.45, 7) is 1.69. The molecule has 1 heterocycles. The van der Waals surface area contributed by atoms with Crippen LogP contribution in [-0.2, 0) is 14.8 Å². The summed E-state index contributed by atoms with van der Waals surface area (Å²) in [5.74, 6) is -1.26. The number of aromatic hydroxyl groups is 1. The lowest BCUT2D eigenvalue weighted by atomic mass is 10.2. The predicted molar refractivity (Wildman–Crippen MR) is 69.8 cm³/mol. The molecule has 19 heavy (non-hydrogen) atoms.